The summed E-state index contributed by atoms with van der Waals surface area (Å²) in [5.41, 5.74) is 1.30. The highest BCUT2D eigenvalue weighted by Gasteiger charge is 2.48. The van der Waals surface area contributed by atoms with Gasteiger partial charge in [-0.1, -0.05) is 31.0 Å². The molecule has 2 fully saturated rings. The third-order valence-corrected chi connectivity index (χ3v) is 6.72. The molecule has 1 aliphatic heterocycles. The van der Waals surface area contributed by atoms with Crippen LogP contribution in [0.5, 0.6) is 5.75 Å². The van der Waals surface area contributed by atoms with Crippen molar-refractivity contribution in [2.45, 2.75) is 69.1 Å². The van der Waals surface area contributed by atoms with Gasteiger partial charge in [0.25, 0.3) is 0 Å². The molecule has 2 heterocycles. The van der Waals surface area contributed by atoms with E-state index in [1.807, 2.05) is 6.07 Å². The zero-order valence-electron chi connectivity index (χ0n) is 17.6. The van der Waals surface area contributed by atoms with E-state index in [9.17, 15) is 13.2 Å². The van der Waals surface area contributed by atoms with Crippen LogP contribution in [0.4, 0.5) is 13.2 Å². The number of rotatable bonds is 8. The summed E-state index contributed by atoms with van der Waals surface area (Å²) in [5.74, 6) is -0.147. The number of nitrogens with zero attached hydrogens (tertiary/aromatic N) is 1. The van der Waals surface area contributed by atoms with Gasteiger partial charge in [-0.15, -0.1) is 0 Å². The molecular weight excluding hydrogens is 405 g/mol. The molecule has 4 rings (SSSR count). The van der Waals surface area contributed by atoms with Gasteiger partial charge in [-0.05, 0) is 56.8 Å². The Labute approximate surface area is 181 Å². The van der Waals surface area contributed by atoms with Gasteiger partial charge in [-0.3, -0.25) is 4.98 Å². The lowest BCUT2D eigenvalue weighted by Crippen LogP contribution is -2.47. The molecular formula is C24H29F3N2O2. The van der Waals surface area contributed by atoms with Crippen molar-refractivity contribution in [3.63, 3.8) is 0 Å². The lowest BCUT2D eigenvalue weighted by atomic mass is 9.68. The van der Waals surface area contributed by atoms with Crippen molar-refractivity contribution in [2.75, 3.05) is 13.2 Å². The summed E-state index contributed by atoms with van der Waals surface area (Å²) in [6.45, 7) is -1.07. The molecule has 31 heavy (non-hydrogen) atoms. The minimum Gasteiger partial charge on any atom is -0.434 e. The van der Waals surface area contributed by atoms with Gasteiger partial charge in [-0.2, -0.15) is 8.78 Å². The zero-order chi connectivity index (χ0) is 21.7. The SMILES string of the molecule is Fc1ccc(C2(CCNCc3ccccc3OC(F)F)CCOC3(CCCC3)C2)nc1. The predicted molar refractivity (Wildman–Crippen MR) is 112 cm³/mol. The fourth-order valence-corrected chi connectivity index (χ4v) is 5.22. The smallest absolute Gasteiger partial charge is 0.387 e. The fourth-order valence-electron chi connectivity index (χ4n) is 5.22. The van der Waals surface area contributed by atoms with Gasteiger partial charge < -0.3 is 14.8 Å². The van der Waals surface area contributed by atoms with E-state index in [-0.39, 0.29) is 22.6 Å². The van der Waals surface area contributed by atoms with Crippen molar-refractivity contribution in [3.8, 4) is 5.75 Å². The number of ether oxygens (including phenoxy) is 2. The average molecular weight is 435 g/mol. The number of halogens is 3. The first-order valence-corrected chi connectivity index (χ1v) is 11.0. The van der Waals surface area contributed by atoms with Gasteiger partial charge in [0, 0.05) is 29.8 Å². The summed E-state index contributed by atoms with van der Waals surface area (Å²) >= 11 is 0. The van der Waals surface area contributed by atoms with Gasteiger partial charge in [0.2, 0.25) is 0 Å². The minimum atomic E-state index is -2.85. The number of hydrogen-bond donors (Lipinski definition) is 1. The maximum atomic E-state index is 13.5. The molecule has 1 unspecified atom stereocenters. The molecule has 1 spiro atoms. The van der Waals surface area contributed by atoms with Crippen LogP contribution < -0.4 is 10.1 Å². The Kier molecular flexibility index (Phi) is 6.82. The maximum Gasteiger partial charge on any atom is 0.387 e. The van der Waals surface area contributed by atoms with Gasteiger partial charge >= 0.3 is 6.61 Å². The number of nitrogens with one attached hydrogen (secondary N) is 1. The van der Waals surface area contributed by atoms with Gasteiger partial charge in [0.05, 0.1) is 11.8 Å². The van der Waals surface area contributed by atoms with Crippen LogP contribution in [0, 0.1) is 5.82 Å². The molecule has 2 aliphatic rings. The maximum absolute atomic E-state index is 13.5. The second-order valence-corrected chi connectivity index (χ2v) is 8.72. The van der Waals surface area contributed by atoms with Crippen molar-refractivity contribution in [3.05, 3.63) is 59.7 Å². The van der Waals surface area contributed by atoms with Gasteiger partial charge in [-0.25, -0.2) is 4.39 Å². The van der Waals surface area contributed by atoms with E-state index in [0.29, 0.717) is 25.3 Å². The molecule has 1 aromatic heterocycles. The lowest BCUT2D eigenvalue weighted by molar-refractivity contribution is -0.104. The molecule has 4 nitrogen and oxygen atoms in total. The van der Waals surface area contributed by atoms with Crippen LogP contribution in [0.2, 0.25) is 0 Å². The number of alkyl halides is 2. The van der Waals surface area contributed by atoms with Crippen LogP contribution in [0.1, 0.15) is 56.2 Å². The third-order valence-electron chi connectivity index (χ3n) is 6.72. The summed E-state index contributed by atoms with van der Waals surface area (Å²) in [7, 11) is 0. The number of pyridine rings is 1. The van der Waals surface area contributed by atoms with E-state index >= 15 is 0 Å². The predicted octanol–water partition coefficient (Wildman–Crippen LogP) is 5.36. The quantitative estimate of drug-likeness (QED) is 0.568. The van der Waals surface area contributed by atoms with Crippen LogP contribution in [0.15, 0.2) is 42.6 Å². The van der Waals surface area contributed by atoms with E-state index in [2.05, 4.69) is 15.0 Å². The normalized spacial score (nSPS) is 22.8. The first kappa shape index (κ1) is 22.1. The van der Waals surface area contributed by atoms with E-state index in [1.165, 1.54) is 25.1 Å². The number of hydrogen-bond acceptors (Lipinski definition) is 4. The van der Waals surface area contributed by atoms with E-state index in [0.717, 1.165) is 37.8 Å². The molecule has 7 heteroatoms. The molecule has 1 aliphatic carbocycles. The Bertz CT molecular complexity index is 856. The highest BCUT2D eigenvalue weighted by Crippen LogP contribution is 2.49. The molecule has 0 bridgehead atoms. The number of para-hydroxylation sites is 1. The van der Waals surface area contributed by atoms with Gasteiger partial charge in [0.1, 0.15) is 11.6 Å². The zero-order valence-corrected chi connectivity index (χ0v) is 17.6. The summed E-state index contributed by atoms with van der Waals surface area (Å²) in [5, 5.41) is 3.38. The third kappa shape index (κ3) is 5.21. The van der Waals surface area contributed by atoms with Crippen molar-refractivity contribution in [2.24, 2.45) is 0 Å². The largest absolute Gasteiger partial charge is 0.434 e. The Morgan fingerprint density at radius 1 is 1.10 bits per heavy atom. The molecule has 1 N–H and O–H groups in total. The van der Waals surface area contributed by atoms with E-state index in [1.54, 1.807) is 24.3 Å². The second kappa shape index (κ2) is 9.57. The first-order valence-electron chi connectivity index (χ1n) is 11.0. The van der Waals surface area contributed by atoms with Crippen molar-refractivity contribution < 1.29 is 22.6 Å². The second-order valence-electron chi connectivity index (χ2n) is 8.72. The Morgan fingerprint density at radius 2 is 1.90 bits per heavy atom. The Balaban J connectivity index is 1.46. The lowest BCUT2D eigenvalue weighted by Gasteiger charge is -2.46. The van der Waals surface area contributed by atoms with Crippen molar-refractivity contribution in [1.29, 1.82) is 0 Å². The average Bonchev–Trinajstić information content (AvgIpc) is 3.19. The molecule has 168 valence electrons. The van der Waals surface area contributed by atoms with Crippen LogP contribution in [-0.4, -0.2) is 30.3 Å². The first-order chi connectivity index (χ1) is 15.0. The molecule has 1 saturated heterocycles. The van der Waals surface area contributed by atoms with E-state index in [4.69, 9.17) is 4.74 Å². The molecule has 1 saturated carbocycles. The van der Waals surface area contributed by atoms with Gasteiger partial charge in [0.15, 0.2) is 0 Å². The fraction of sp³-hybridized carbons (Fsp3) is 0.542. The number of benzene rings is 1. The van der Waals surface area contributed by atoms with Crippen LogP contribution in [-0.2, 0) is 16.7 Å². The van der Waals surface area contributed by atoms with Crippen LogP contribution >= 0.6 is 0 Å². The monoisotopic (exact) mass is 434 g/mol. The van der Waals surface area contributed by atoms with Crippen LogP contribution in [0.3, 0.4) is 0 Å². The van der Waals surface area contributed by atoms with Crippen LogP contribution in [0.25, 0.3) is 0 Å². The van der Waals surface area contributed by atoms with E-state index < -0.39 is 6.61 Å². The summed E-state index contributed by atoms with van der Waals surface area (Å²) < 4.78 is 49.7. The summed E-state index contributed by atoms with van der Waals surface area (Å²) in [4.78, 5) is 4.45. The molecule has 0 amide bonds. The van der Waals surface area contributed by atoms with Crippen molar-refractivity contribution >= 4 is 0 Å². The minimum absolute atomic E-state index is 0.105. The molecule has 1 aromatic carbocycles. The molecule has 2 aromatic rings. The van der Waals surface area contributed by atoms with Crippen molar-refractivity contribution in [1.82, 2.24) is 10.3 Å². The highest BCUT2D eigenvalue weighted by atomic mass is 19.3. The number of aromatic nitrogens is 1. The molecule has 0 radical (unpaired) electrons. The highest BCUT2D eigenvalue weighted by molar-refractivity contribution is 5.33. The standard InChI is InChI=1S/C24H29F3N2O2/c25-19-7-8-21(29-16-19)23(12-14-30-24(17-23)9-3-4-10-24)11-13-28-15-18-5-1-2-6-20(18)31-22(26)27/h1-2,5-8,16,22,28H,3-4,9-15,17H2. The Hall–Kier alpha value is -2.12. The summed E-state index contributed by atoms with van der Waals surface area (Å²) in [6, 6.07) is 10.1. The Morgan fingerprint density at radius 3 is 2.65 bits per heavy atom. The molecule has 1 atom stereocenters. The topological polar surface area (TPSA) is 43.4 Å². The summed E-state index contributed by atoms with van der Waals surface area (Å²) in [6.07, 6.45) is 8.28.